The largest absolute Gasteiger partial charge is 0.495 e. The molecular formula is C18H24N2O5S. The number of hydrogen-bond acceptors (Lipinski definition) is 5. The van der Waals surface area contributed by atoms with E-state index >= 15 is 0 Å². The highest BCUT2D eigenvalue weighted by atomic mass is 32.2. The highest BCUT2D eigenvalue weighted by Crippen LogP contribution is 2.34. The van der Waals surface area contributed by atoms with Gasteiger partial charge in [0.2, 0.25) is 11.8 Å². The van der Waals surface area contributed by atoms with Crippen LogP contribution in [0.1, 0.15) is 18.4 Å². The Hall–Kier alpha value is -2.22. The van der Waals surface area contributed by atoms with Crippen LogP contribution < -0.4 is 15.0 Å². The summed E-state index contributed by atoms with van der Waals surface area (Å²) in [6.07, 6.45) is 2.28. The second-order valence-corrected chi connectivity index (χ2v) is 7.25. The number of aliphatic carboxylic acids is 1. The third-order valence-electron chi connectivity index (χ3n) is 4.35. The van der Waals surface area contributed by atoms with E-state index in [0.29, 0.717) is 23.6 Å². The van der Waals surface area contributed by atoms with Crippen molar-refractivity contribution in [3.8, 4) is 5.75 Å². The topological polar surface area (TPSA) is 95.9 Å². The van der Waals surface area contributed by atoms with Gasteiger partial charge in [0.1, 0.15) is 11.8 Å². The third-order valence-corrected chi connectivity index (χ3v) is 4.99. The van der Waals surface area contributed by atoms with Crippen LogP contribution in [0.25, 0.3) is 0 Å². The van der Waals surface area contributed by atoms with E-state index < -0.39 is 23.8 Å². The Morgan fingerprint density at radius 2 is 2.19 bits per heavy atom. The SMILES string of the molecule is COc1ccc(C)cc1N1CC(C(=O)NC(CCSC)C(=O)O)CC1=O. The van der Waals surface area contributed by atoms with Crippen molar-refractivity contribution < 1.29 is 24.2 Å². The average Bonchev–Trinajstić information content (AvgIpc) is 2.99. The number of benzene rings is 1. The molecule has 2 atom stereocenters. The van der Waals surface area contributed by atoms with Crippen molar-refractivity contribution in [1.29, 1.82) is 0 Å². The zero-order valence-electron chi connectivity index (χ0n) is 15.2. The highest BCUT2D eigenvalue weighted by Gasteiger charge is 2.37. The molecule has 1 saturated heterocycles. The maximum Gasteiger partial charge on any atom is 0.326 e. The zero-order valence-corrected chi connectivity index (χ0v) is 16.0. The number of thioether (sulfide) groups is 1. The number of methoxy groups -OCH3 is 1. The van der Waals surface area contributed by atoms with Gasteiger partial charge in [0.05, 0.1) is 18.7 Å². The number of rotatable bonds is 8. The van der Waals surface area contributed by atoms with Gasteiger partial charge in [-0.15, -0.1) is 0 Å². The third kappa shape index (κ3) is 4.69. The Morgan fingerprint density at radius 1 is 1.46 bits per heavy atom. The number of aryl methyl sites for hydroxylation is 1. The summed E-state index contributed by atoms with van der Waals surface area (Å²) in [5.74, 6) is -1.02. The lowest BCUT2D eigenvalue weighted by Crippen LogP contribution is -2.44. The summed E-state index contributed by atoms with van der Waals surface area (Å²) in [6.45, 7) is 2.12. The average molecular weight is 380 g/mol. The van der Waals surface area contributed by atoms with Crippen molar-refractivity contribution >= 4 is 35.2 Å². The van der Waals surface area contributed by atoms with Crippen LogP contribution in [-0.4, -0.2) is 54.6 Å². The van der Waals surface area contributed by atoms with Crippen LogP contribution in [-0.2, 0) is 14.4 Å². The van der Waals surface area contributed by atoms with E-state index in [1.807, 2.05) is 25.3 Å². The van der Waals surface area contributed by atoms with E-state index in [2.05, 4.69) is 5.32 Å². The second kappa shape index (κ2) is 8.93. The Labute approximate surface area is 157 Å². The molecular weight excluding hydrogens is 356 g/mol. The minimum atomic E-state index is -1.06. The minimum Gasteiger partial charge on any atom is -0.495 e. The molecule has 142 valence electrons. The number of nitrogens with one attached hydrogen (secondary N) is 1. The standard InChI is InChI=1S/C18H24N2O5S/c1-11-4-5-15(25-2)14(8-11)20-10-12(9-16(20)21)17(22)19-13(18(23)24)6-7-26-3/h4-5,8,12-13H,6-7,9-10H2,1-3H3,(H,19,22)(H,23,24). The van der Waals surface area contributed by atoms with Gasteiger partial charge >= 0.3 is 5.97 Å². The number of anilines is 1. The van der Waals surface area contributed by atoms with Gasteiger partial charge in [-0.2, -0.15) is 11.8 Å². The van der Waals surface area contributed by atoms with Crippen LogP contribution in [0.5, 0.6) is 5.75 Å². The Balaban J connectivity index is 2.10. The molecule has 26 heavy (non-hydrogen) atoms. The monoisotopic (exact) mass is 380 g/mol. The lowest BCUT2D eigenvalue weighted by Gasteiger charge is -2.21. The van der Waals surface area contributed by atoms with Gasteiger partial charge in [0.25, 0.3) is 0 Å². The van der Waals surface area contributed by atoms with E-state index in [-0.39, 0.29) is 18.9 Å². The fourth-order valence-corrected chi connectivity index (χ4v) is 3.38. The van der Waals surface area contributed by atoms with E-state index in [4.69, 9.17) is 4.74 Å². The molecule has 1 aromatic rings. The minimum absolute atomic E-state index is 0.0534. The maximum absolute atomic E-state index is 12.5. The van der Waals surface area contributed by atoms with Crippen molar-refractivity contribution in [2.45, 2.75) is 25.8 Å². The molecule has 0 bridgehead atoms. The van der Waals surface area contributed by atoms with Gasteiger partial charge in [-0.05, 0) is 43.0 Å². The van der Waals surface area contributed by atoms with Gasteiger partial charge in [-0.1, -0.05) is 6.07 Å². The summed E-state index contributed by atoms with van der Waals surface area (Å²) in [6, 6.07) is 4.58. The highest BCUT2D eigenvalue weighted by molar-refractivity contribution is 7.98. The molecule has 0 aromatic heterocycles. The molecule has 0 saturated carbocycles. The fraction of sp³-hybridized carbons (Fsp3) is 0.500. The quantitative estimate of drug-likeness (QED) is 0.712. The number of carbonyl (C=O) groups is 3. The van der Waals surface area contributed by atoms with E-state index in [0.717, 1.165) is 5.56 Å². The van der Waals surface area contributed by atoms with Crippen LogP contribution in [0.2, 0.25) is 0 Å². The van der Waals surface area contributed by atoms with Gasteiger partial charge in [-0.25, -0.2) is 4.79 Å². The van der Waals surface area contributed by atoms with Crippen LogP contribution >= 0.6 is 11.8 Å². The number of carbonyl (C=O) groups excluding carboxylic acids is 2. The first kappa shape index (κ1) is 20.1. The molecule has 0 radical (unpaired) electrons. The first-order valence-electron chi connectivity index (χ1n) is 8.34. The molecule has 8 heteroatoms. The Bertz CT molecular complexity index is 694. The molecule has 1 heterocycles. The molecule has 1 aliphatic heterocycles. The predicted molar refractivity (Wildman–Crippen MR) is 101 cm³/mol. The smallest absolute Gasteiger partial charge is 0.326 e. The van der Waals surface area contributed by atoms with Crippen LogP contribution in [0.3, 0.4) is 0 Å². The van der Waals surface area contributed by atoms with Crippen LogP contribution in [0, 0.1) is 12.8 Å². The summed E-state index contributed by atoms with van der Waals surface area (Å²) in [4.78, 5) is 37.8. The lowest BCUT2D eigenvalue weighted by molar-refractivity contribution is -0.142. The molecule has 2 N–H and O–H groups in total. The molecule has 1 fully saturated rings. The number of amides is 2. The van der Waals surface area contributed by atoms with Gasteiger partial charge in [-0.3, -0.25) is 9.59 Å². The Morgan fingerprint density at radius 3 is 2.81 bits per heavy atom. The van der Waals surface area contributed by atoms with Crippen molar-refractivity contribution in [2.75, 3.05) is 30.6 Å². The van der Waals surface area contributed by atoms with Crippen molar-refractivity contribution in [3.05, 3.63) is 23.8 Å². The lowest BCUT2D eigenvalue weighted by atomic mass is 10.1. The Kier molecular flexibility index (Phi) is 6.90. The first-order chi connectivity index (χ1) is 12.4. The number of hydrogen-bond donors (Lipinski definition) is 2. The summed E-state index contributed by atoms with van der Waals surface area (Å²) in [5, 5.41) is 11.8. The fourth-order valence-electron chi connectivity index (χ4n) is 2.91. The van der Waals surface area contributed by atoms with E-state index in [1.165, 1.54) is 23.8 Å². The van der Waals surface area contributed by atoms with Crippen LogP contribution in [0.15, 0.2) is 18.2 Å². The molecule has 1 aromatic carbocycles. The molecule has 0 spiro atoms. The summed E-state index contributed by atoms with van der Waals surface area (Å²) < 4.78 is 5.32. The second-order valence-electron chi connectivity index (χ2n) is 6.26. The van der Waals surface area contributed by atoms with Crippen LogP contribution in [0.4, 0.5) is 5.69 Å². The normalized spacial score (nSPS) is 17.9. The number of nitrogens with zero attached hydrogens (tertiary/aromatic N) is 1. The molecule has 0 aliphatic carbocycles. The van der Waals surface area contributed by atoms with Crippen molar-refractivity contribution in [3.63, 3.8) is 0 Å². The predicted octanol–water partition coefficient (Wildman–Crippen LogP) is 1.68. The summed E-state index contributed by atoms with van der Waals surface area (Å²) >= 11 is 1.52. The molecule has 2 unspecified atom stereocenters. The molecule has 2 rings (SSSR count). The number of ether oxygens (including phenoxy) is 1. The van der Waals surface area contributed by atoms with E-state index in [1.54, 1.807) is 6.07 Å². The van der Waals surface area contributed by atoms with Crippen molar-refractivity contribution in [1.82, 2.24) is 5.32 Å². The molecule has 7 nitrogen and oxygen atoms in total. The molecule has 1 aliphatic rings. The maximum atomic E-state index is 12.5. The van der Waals surface area contributed by atoms with Gasteiger partial charge in [0, 0.05) is 13.0 Å². The zero-order chi connectivity index (χ0) is 19.3. The van der Waals surface area contributed by atoms with Gasteiger partial charge < -0.3 is 20.1 Å². The van der Waals surface area contributed by atoms with Gasteiger partial charge in [0.15, 0.2) is 0 Å². The first-order valence-corrected chi connectivity index (χ1v) is 9.73. The molecule has 2 amide bonds. The number of carboxylic acids is 1. The number of carboxylic acid groups (broad SMARTS) is 1. The summed E-state index contributed by atoms with van der Waals surface area (Å²) in [5.41, 5.74) is 1.61. The van der Waals surface area contributed by atoms with Crippen molar-refractivity contribution in [2.24, 2.45) is 5.92 Å². The summed E-state index contributed by atoms with van der Waals surface area (Å²) in [7, 11) is 1.53. The van der Waals surface area contributed by atoms with E-state index in [9.17, 15) is 19.5 Å².